The van der Waals surface area contributed by atoms with Gasteiger partial charge >= 0.3 is 0 Å². The molecule has 0 spiro atoms. The summed E-state index contributed by atoms with van der Waals surface area (Å²) in [6.45, 7) is 6.08. The largest absolute Gasteiger partial charge is 0.325 e. The summed E-state index contributed by atoms with van der Waals surface area (Å²) in [5.74, 6) is 0.115. The molecule has 1 heterocycles. The number of carbonyl (C=O) groups is 2. The van der Waals surface area contributed by atoms with Gasteiger partial charge in [-0.3, -0.25) is 9.59 Å². The Bertz CT molecular complexity index is 1150. The van der Waals surface area contributed by atoms with Crippen molar-refractivity contribution in [1.29, 1.82) is 0 Å². The lowest BCUT2D eigenvalue weighted by Gasteiger charge is -2.10. The first-order valence-corrected chi connectivity index (χ1v) is 11.4. The van der Waals surface area contributed by atoms with E-state index in [0.717, 1.165) is 11.3 Å². The second-order valence-electron chi connectivity index (χ2n) is 6.78. The topological polar surface area (TPSA) is 88.9 Å². The lowest BCUT2D eigenvalue weighted by atomic mass is 10.2. The predicted molar refractivity (Wildman–Crippen MR) is 130 cm³/mol. The number of aromatic nitrogens is 3. The minimum Gasteiger partial charge on any atom is -0.325 e. The van der Waals surface area contributed by atoms with Crippen LogP contribution in [0, 0.1) is 6.92 Å². The predicted octanol–water partition coefficient (Wildman–Crippen LogP) is 4.99. The Hall–Kier alpha value is -2.81. The minimum absolute atomic E-state index is 0.0281. The van der Waals surface area contributed by atoms with Crippen molar-refractivity contribution >= 4 is 58.2 Å². The maximum Gasteiger partial charge on any atom is 0.234 e. The number of allylic oxidation sites excluding steroid dienone is 1. The highest BCUT2D eigenvalue weighted by Gasteiger charge is 2.17. The highest BCUT2D eigenvalue weighted by molar-refractivity contribution is 7.99. The number of anilines is 2. The van der Waals surface area contributed by atoms with E-state index in [-0.39, 0.29) is 29.0 Å². The molecular formula is C22H21Cl2N5O2S. The molecule has 166 valence electrons. The first kappa shape index (κ1) is 23.8. The van der Waals surface area contributed by atoms with Gasteiger partial charge in [0.1, 0.15) is 5.82 Å². The zero-order valence-corrected chi connectivity index (χ0v) is 19.6. The standard InChI is InChI=1S/C22H21Cl2N5O2S/c1-3-11-29-18(12-19(30)26-17-10-6-8-15(23)21(17)24)27-28-22(29)32-13-20(31)25-16-9-5-4-7-14(16)2/h3-10H,1,11-13H2,2H3,(H,25,31)(H,26,30). The molecule has 0 aliphatic heterocycles. The van der Waals surface area contributed by atoms with Gasteiger partial charge in [0.05, 0.1) is 27.9 Å². The van der Waals surface area contributed by atoms with E-state index in [2.05, 4.69) is 27.4 Å². The summed E-state index contributed by atoms with van der Waals surface area (Å²) in [5, 5.41) is 15.0. The fourth-order valence-electron chi connectivity index (χ4n) is 2.84. The van der Waals surface area contributed by atoms with Gasteiger partial charge < -0.3 is 15.2 Å². The number of hydrogen-bond acceptors (Lipinski definition) is 5. The van der Waals surface area contributed by atoms with Crippen molar-refractivity contribution in [3.8, 4) is 0 Å². The third-order valence-corrected chi connectivity index (χ3v) is 6.19. The van der Waals surface area contributed by atoms with Crippen molar-refractivity contribution in [3.63, 3.8) is 0 Å². The molecule has 0 saturated heterocycles. The van der Waals surface area contributed by atoms with E-state index in [0.29, 0.717) is 28.2 Å². The Kier molecular flexibility index (Phi) is 8.33. The molecule has 0 aliphatic carbocycles. The molecule has 0 atom stereocenters. The van der Waals surface area contributed by atoms with Crippen molar-refractivity contribution in [1.82, 2.24) is 14.8 Å². The highest BCUT2D eigenvalue weighted by Crippen LogP contribution is 2.29. The first-order chi connectivity index (χ1) is 15.4. The molecule has 0 unspecified atom stereocenters. The lowest BCUT2D eigenvalue weighted by Crippen LogP contribution is -2.18. The maximum atomic E-state index is 12.5. The summed E-state index contributed by atoms with van der Waals surface area (Å²) < 4.78 is 1.75. The van der Waals surface area contributed by atoms with Gasteiger partial charge in [-0.15, -0.1) is 16.8 Å². The zero-order chi connectivity index (χ0) is 23.1. The zero-order valence-electron chi connectivity index (χ0n) is 17.3. The number of nitrogens with zero attached hydrogens (tertiary/aromatic N) is 3. The molecule has 0 aliphatic rings. The summed E-state index contributed by atoms with van der Waals surface area (Å²) in [4.78, 5) is 24.9. The Balaban J connectivity index is 1.65. The summed E-state index contributed by atoms with van der Waals surface area (Å²) >= 11 is 13.4. The van der Waals surface area contributed by atoms with Gasteiger partial charge in [-0.25, -0.2) is 0 Å². The molecule has 2 N–H and O–H groups in total. The molecule has 7 nitrogen and oxygen atoms in total. The summed E-state index contributed by atoms with van der Waals surface area (Å²) in [7, 11) is 0. The van der Waals surface area contributed by atoms with Crippen molar-refractivity contribution in [3.05, 3.63) is 76.6 Å². The fraction of sp³-hybridized carbons (Fsp3) is 0.182. The number of rotatable bonds is 9. The number of hydrogen-bond donors (Lipinski definition) is 2. The number of para-hydroxylation sites is 1. The van der Waals surface area contributed by atoms with Crippen LogP contribution in [-0.2, 0) is 22.6 Å². The second kappa shape index (κ2) is 11.2. The van der Waals surface area contributed by atoms with Crippen LogP contribution in [0.2, 0.25) is 10.0 Å². The Morgan fingerprint density at radius 1 is 1.06 bits per heavy atom. The normalized spacial score (nSPS) is 10.6. The molecule has 0 radical (unpaired) electrons. The van der Waals surface area contributed by atoms with Crippen LogP contribution in [0.4, 0.5) is 11.4 Å². The van der Waals surface area contributed by atoms with Crippen molar-refractivity contribution in [2.45, 2.75) is 25.0 Å². The number of aryl methyl sites for hydroxylation is 1. The number of benzene rings is 2. The van der Waals surface area contributed by atoms with E-state index < -0.39 is 0 Å². The summed E-state index contributed by atoms with van der Waals surface area (Å²) in [5.41, 5.74) is 2.16. The van der Waals surface area contributed by atoms with Gasteiger partial charge in [-0.05, 0) is 30.7 Å². The smallest absolute Gasteiger partial charge is 0.234 e. The maximum absolute atomic E-state index is 12.5. The van der Waals surface area contributed by atoms with Crippen LogP contribution in [-0.4, -0.2) is 32.3 Å². The number of nitrogens with one attached hydrogen (secondary N) is 2. The summed E-state index contributed by atoms with van der Waals surface area (Å²) in [6.07, 6.45) is 1.65. The van der Waals surface area contributed by atoms with Gasteiger partial charge in [0, 0.05) is 12.2 Å². The molecule has 0 fully saturated rings. The molecule has 0 bridgehead atoms. The number of amides is 2. The van der Waals surface area contributed by atoms with Crippen LogP contribution in [0.1, 0.15) is 11.4 Å². The molecule has 0 saturated carbocycles. The Morgan fingerprint density at radius 3 is 2.53 bits per heavy atom. The van der Waals surface area contributed by atoms with Crippen LogP contribution in [0.25, 0.3) is 0 Å². The van der Waals surface area contributed by atoms with Crippen LogP contribution < -0.4 is 10.6 Å². The van der Waals surface area contributed by atoms with Gasteiger partial charge in [0.15, 0.2) is 5.16 Å². The van der Waals surface area contributed by atoms with E-state index in [1.54, 1.807) is 28.8 Å². The third-order valence-electron chi connectivity index (χ3n) is 4.40. The molecule has 32 heavy (non-hydrogen) atoms. The Morgan fingerprint density at radius 2 is 1.78 bits per heavy atom. The Labute approximate surface area is 200 Å². The lowest BCUT2D eigenvalue weighted by molar-refractivity contribution is -0.116. The summed E-state index contributed by atoms with van der Waals surface area (Å²) in [6, 6.07) is 12.5. The monoisotopic (exact) mass is 489 g/mol. The van der Waals surface area contributed by atoms with Gasteiger partial charge in [-0.2, -0.15) is 0 Å². The third kappa shape index (κ3) is 6.12. The number of carbonyl (C=O) groups excluding carboxylic acids is 2. The van der Waals surface area contributed by atoms with Crippen LogP contribution in [0.5, 0.6) is 0 Å². The molecule has 10 heteroatoms. The van der Waals surface area contributed by atoms with Gasteiger partial charge in [0.2, 0.25) is 11.8 Å². The van der Waals surface area contributed by atoms with Crippen LogP contribution in [0.15, 0.2) is 60.3 Å². The van der Waals surface area contributed by atoms with E-state index in [9.17, 15) is 9.59 Å². The van der Waals surface area contributed by atoms with Crippen molar-refractivity contribution in [2.24, 2.45) is 0 Å². The van der Waals surface area contributed by atoms with Gasteiger partial charge in [0.25, 0.3) is 0 Å². The van der Waals surface area contributed by atoms with Gasteiger partial charge in [-0.1, -0.05) is 65.3 Å². The molecule has 2 aromatic carbocycles. The second-order valence-corrected chi connectivity index (χ2v) is 8.50. The molecule has 1 aromatic heterocycles. The van der Waals surface area contributed by atoms with E-state index in [4.69, 9.17) is 23.2 Å². The number of thioether (sulfide) groups is 1. The van der Waals surface area contributed by atoms with Crippen LogP contribution in [0.3, 0.4) is 0 Å². The minimum atomic E-state index is -0.319. The van der Waals surface area contributed by atoms with Crippen molar-refractivity contribution < 1.29 is 9.59 Å². The van der Waals surface area contributed by atoms with Crippen LogP contribution >= 0.6 is 35.0 Å². The van der Waals surface area contributed by atoms with E-state index in [1.165, 1.54) is 11.8 Å². The molecule has 2 amide bonds. The fourth-order valence-corrected chi connectivity index (χ4v) is 3.95. The van der Waals surface area contributed by atoms with E-state index in [1.807, 2.05) is 31.2 Å². The molecule has 3 aromatic rings. The average molecular weight is 490 g/mol. The average Bonchev–Trinajstić information content (AvgIpc) is 3.13. The van der Waals surface area contributed by atoms with Crippen molar-refractivity contribution in [2.75, 3.05) is 16.4 Å². The van der Waals surface area contributed by atoms with E-state index >= 15 is 0 Å². The molecular weight excluding hydrogens is 469 g/mol. The first-order valence-electron chi connectivity index (χ1n) is 9.64. The molecule has 3 rings (SSSR count). The SMILES string of the molecule is C=CCn1c(CC(=O)Nc2cccc(Cl)c2Cl)nnc1SCC(=O)Nc1ccccc1C. The highest BCUT2D eigenvalue weighted by atomic mass is 35.5. The quantitative estimate of drug-likeness (QED) is 0.326. The number of halogens is 2.